The quantitative estimate of drug-likeness (QED) is 0.563. The van der Waals surface area contributed by atoms with Gasteiger partial charge in [0.25, 0.3) is 0 Å². The molecular weight excluding hydrogens is 383 g/mol. The second-order valence-electron chi connectivity index (χ2n) is 4.78. The molecule has 0 saturated carbocycles. The molecule has 1 heterocycles. The highest BCUT2D eigenvalue weighted by Gasteiger charge is 2.15. The molecular formula is C17H14BrFO5. The van der Waals surface area contributed by atoms with Crippen LogP contribution in [0.15, 0.2) is 39.2 Å². The van der Waals surface area contributed by atoms with Crippen molar-refractivity contribution >= 4 is 33.9 Å². The lowest BCUT2D eigenvalue weighted by atomic mass is 10.2. The van der Waals surface area contributed by atoms with Crippen LogP contribution in [0.1, 0.15) is 27.4 Å². The van der Waals surface area contributed by atoms with E-state index < -0.39 is 17.8 Å². The normalized spacial score (nSPS) is 10.8. The molecule has 0 aliphatic rings. The van der Waals surface area contributed by atoms with Gasteiger partial charge < -0.3 is 13.9 Å². The number of furan rings is 1. The molecule has 0 bridgehead atoms. The van der Waals surface area contributed by atoms with Crippen molar-refractivity contribution in [2.45, 2.75) is 13.5 Å². The van der Waals surface area contributed by atoms with E-state index in [0.29, 0.717) is 16.0 Å². The lowest BCUT2D eigenvalue weighted by Crippen LogP contribution is -2.01. The van der Waals surface area contributed by atoms with Crippen molar-refractivity contribution in [2.75, 3.05) is 7.11 Å². The van der Waals surface area contributed by atoms with Crippen LogP contribution in [0.25, 0.3) is 6.08 Å². The number of hydrogen-bond acceptors (Lipinski definition) is 5. The van der Waals surface area contributed by atoms with E-state index in [1.165, 1.54) is 31.4 Å². The van der Waals surface area contributed by atoms with Gasteiger partial charge in [0.2, 0.25) is 0 Å². The van der Waals surface area contributed by atoms with E-state index in [9.17, 15) is 14.0 Å². The van der Waals surface area contributed by atoms with E-state index in [0.717, 1.165) is 6.08 Å². The van der Waals surface area contributed by atoms with E-state index in [-0.39, 0.29) is 17.7 Å². The zero-order chi connectivity index (χ0) is 17.7. The molecule has 1 aromatic carbocycles. The number of aryl methyl sites for hydroxylation is 1. The van der Waals surface area contributed by atoms with Crippen LogP contribution in [0.2, 0.25) is 0 Å². The number of esters is 2. The molecule has 2 aromatic rings. The summed E-state index contributed by atoms with van der Waals surface area (Å²) in [5.74, 6) is -0.962. The van der Waals surface area contributed by atoms with E-state index in [1.54, 1.807) is 13.0 Å². The summed E-state index contributed by atoms with van der Waals surface area (Å²) in [5.41, 5.74) is 0.526. The van der Waals surface area contributed by atoms with Crippen LogP contribution >= 0.6 is 15.9 Å². The maximum atomic E-state index is 13.5. The van der Waals surface area contributed by atoms with Crippen LogP contribution < -0.4 is 0 Å². The van der Waals surface area contributed by atoms with Crippen molar-refractivity contribution in [2.24, 2.45) is 0 Å². The van der Waals surface area contributed by atoms with Crippen molar-refractivity contribution in [3.63, 3.8) is 0 Å². The monoisotopic (exact) mass is 396 g/mol. The Labute approximate surface area is 146 Å². The van der Waals surface area contributed by atoms with Crippen LogP contribution in [0.3, 0.4) is 0 Å². The summed E-state index contributed by atoms with van der Waals surface area (Å²) in [6.07, 6.45) is 2.43. The third-order valence-electron chi connectivity index (χ3n) is 3.09. The fraction of sp³-hybridized carbons (Fsp3) is 0.176. The Bertz CT molecular complexity index is 794. The van der Waals surface area contributed by atoms with Gasteiger partial charge in [-0.15, -0.1) is 0 Å². The zero-order valence-electron chi connectivity index (χ0n) is 13.0. The molecule has 0 amide bonds. The minimum atomic E-state index is -0.664. The molecule has 126 valence electrons. The average Bonchev–Trinajstić information content (AvgIpc) is 2.94. The van der Waals surface area contributed by atoms with Crippen LogP contribution in [-0.4, -0.2) is 19.0 Å². The molecule has 24 heavy (non-hydrogen) atoms. The van der Waals surface area contributed by atoms with Gasteiger partial charge in [-0.2, -0.15) is 0 Å². The predicted molar refractivity (Wildman–Crippen MR) is 87.7 cm³/mol. The highest BCUT2D eigenvalue weighted by atomic mass is 79.9. The van der Waals surface area contributed by atoms with Gasteiger partial charge in [0.05, 0.1) is 7.11 Å². The molecule has 0 atom stereocenters. The van der Waals surface area contributed by atoms with Crippen LogP contribution in [-0.2, 0) is 20.9 Å². The number of rotatable bonds is 5. The lowest BCUT2D eigenvalue weighted by Gasteiger charge is -2.00. The fourth-order valence-electron chi connectivity index (χ4n) is 1.92. The summed E-state index contributed by atoms with van der Waals surface area (Å²) >= 11 is 3.22. The maximum absolute atomic E-state index is 13.5. The summed E-state index contributed by atoms with van der Waals surface area (Å²) in [6.45, 7) is 1.45. The first-order chi connectivity index (χ1) is 11.4. The van der Waals surface area contributed by atoms with E-state index in [4.69, 9.17) is 9.15 Å². The molecule has 2 rings (SSSR count). The summed E-state index contributed by atoms with van der Waals surface area (Å²) < 4.78 is 29.2. The number of hydrogen-bond donors (Lipinski definition) is 0. The summed E-state index contributed by atoms with van der Waals surface area (Å²) in [6, 6.07) is 5.84. The highest BCUT2D eigenvalue weighted by molar-refractivity contribution is 9.10. The Balaban J connectivity index is 1.97. The molecule has 0 fully saturated rings. The van der Waals surface area contributed by atoms with E-state index in [2.05, 4.69) is 20.7 Å². The molecule has 0 aliphatic carbocycles. The van der Waals surface area contributed by atoms with E-state index in [1.807, 2.05) is 0 Å². The van der Waals surface area contributed by atoms with Gasteiger partial charge >= 0.3 is 11.9 Å². The Kier molecular flexibility index (Phi) is 5.92. The largest absolute Gasteiger partial charge is 0.465 e. The Hall–Kier alpha value is -2.41. The van der Waals surface area contributed by atoms with Gasteiger partial charge in [0.15, 0.2) is 0 Å². The maximum Gasteiger partial charge on any atom is 0.341 e. The molecule has 0 N–H and O–H groups in total. The summed E-state index contributed by atoms with van der Waals surface area (Å²) in [5, 5.41) is 0. The number of ether oxygens (including phenoxy) is 2. The van der Waals surface area contributed by atoms with Crippen molar-refractivity contribution in [1.29, 1.82) is 0 Å². The minimum Gasteiger partial charge on any atom is -0.465 e. The molecule has 0 unspecified atom stereocenters. The molecule has 0 aliphatic heterocycles. The highest BCUT2D eigenvalue weighted by Crippen LogP contribution is 2.18. The molecule has 0 spiro atoms. The zero-order valence-corrected chi connectivity index (χ0v) is 14.6. The Morgan fingerprint density at radius 2 is 2.08 bits per heavy atom. The Morgan fingerprint density at radius 1 is 1.33 bits per heavy atom. The number of carbonyl (C=O) groups excluding carboxylic acids is 2. The lowest BCUT2D eigenvalue weighted by molar-refractivity contribution is -0.139. The standard InChI is InChI=1S/C17H14BrFO5/c1-10-14(17(21)22-2)8-13(24-10)9-23-16(20)6-3-11-7-12(18)4-5-15(11)19/h3-8H,9H2,1-2H3/b6-3+. The first-order valence-corrected chi connectivity index (χ1v) is 7.67. The van der Waals surface area contributed by atoms with E-state index >= 15 is 0 Å². The van der Waals surface area contributed by atoms with Crippen LogP contribution in [0.5, 0.6) is 0 Å². The first-order valence-electron chi connectivity index (χ1n) is 6.88. The molecule has 0 saturated heterocycles. The smallest absolute Gasteiger partial charge is 0.341 e. The Morgan fingerprint density at radius 3 is 2.79 bits per heavy atom. The SMILES string of the molecule is COC(=O)c1cc(COC(=O)/C=C/c2cc(Br)ccc2F)oc1C. The van der Waals surface area contributed by atoms with Crippen molar-refractivity contribution in [1.82, 2.24) is 0 Å². The van der Waals surface area contributed by atoms with Crippen LogP contribution in [0.4, 0.5) is 4.39 Å². The van der Waals surface area contributed by atoms with Gasteiger partial charge in [-0.3, -0.25) is 0 Å². The van der Waals surface area contributed by atoms with Gasteiger partial charge in [-0.05, 0) is 37.3 Å². The van der Waals surface area contributed by atoms with Gasteiger partial charge in [-0.1, -0.05) is 15.9 Å². The van der Waals surface area contributed by atoms with Gasteiger partial charge in [0, 0.05) is 16.1 Å². The van der Waals surface area contributed by atoms with Crippen LogP contribution in [0, 0.1) is 12.7 Å². The predicted octanol–water partition coefficient (Wildman–Crippen LogP) is 4.03. The number of halogens is 2. The fourth-order valence-corrected chi connectivity index (χ4v) is 2.30. The molecule has 1 aromatic heterocycles. The second kappa shape index (κ2) is 7.92. The summed E-state index contributed by atoms with van der Waals surface area (Å²) in [4.78, 5) is 23.2. The van der Waals surface area contributed by atoms with Crippen molar-refractivity contribution < 1.29 is 27.9 Å². The number of benzene rings is 1. The second-order valence-corrected chi connectivity index (χ2v) is 5.70. The van der Waals surface area contributed by atoms with Crippen molar-refractivity contribution in [3.8, 4) is 0 Å². The number of methoxy groups -OCH3 is 1. The molecule has 0 radical (unpaired) electrons. The van der Waals surface area contributed by atoms with Gasteiger partial charge in [-0.25, -0.2) is 14.0 Å². The first kappa shape index (κ1) is 17.9. The third kappa shape index (κ3) is 4.55. The molecule has 7 heteroatoms. The van der Waals surface area contributed by atoms with Crippen molar-refractivity contribution in [3.05, 3.63) is 63.3 Å². The number of carbonyl (C=O) groups is 2. The topological polar surface area (TPSA) is 65.7 Å². The minimum absolute atomic E-state index is 0.151. The molecule has 5 nitrogen and oxygen atoms in total. The third-order valence-corrected chi connectivity index (χ3v) is 3.58. The summed E-state index contributed by atoms with van der Waals surface area (Å²) in [7, 11) is 1.26. The average molecular weight is 397 g/mol. The van der Waals surface area contributed by atoms with Gasteiger partial charge in [0.1, 0.15) is 29.5 Å².